The summed E-state index contributed by atoms with van der Waals surface area (Å²) >= 11 is 3.32. The summed E-state index contributed by atoms with van der Waals surface area (Å²) in [6.45, 7) is 3.73. The van der Waals surface area contributed by atoms with Crippen LogP contribution in [-0.2, 0) is 4.79 Å². The van der Waals surface area contributed by atoms with Gasteiger partial charge in [-0.05, 0) is 18.6 Å². The fourth-order valence-corrected chi connectivity index (χ4v) is 3.99. The fraction of sp³-hybridized carbons (Fsp3) is 0.429. The van der Waals surface area contributed by atoms with E-state index in [4.69, 9.17) is 5.11 Å². The van der Waals surface area contributed by atoms with E-state index in [2.05, 4.69) is 6.92 Å². The summed E-state index contributed by atoms with van der Waals surface area (Å²) in [7, 11) is 0. The molecule has 0 aromatic carbocycles. The molecule has 1 aliphatic heterocycles. The molecule has 1 fully saturated rings. The SMILES string of the molecule is CCC1CN(C(=O)c2csc(/C=C/C(=O)O)c2)CCS1. The molecule has 1 N–H and O–H groups in total. The zero-order valence-electron chi connectivity index (χ0n) is 11.2. The van der Waals surface area contributed by atoms with Gasteiger partial charge in [0.15, 0.2) is 0 Å². The van der Waals surface area contributed by atoms with Crippen molar-refractivity contribution in [1.29, 1.82) is 0 Å². The molecule has 0 aliphatic carbocycles. The van der Waals surface area contributed by atoms with Gasteiger partial charge in [0.05, 0.1) is 5.56 Å². The number of thiophene rings is 1. The predicted octanol–water partition coefficient (Wildman–Crippen LogP) is 2.81. The molecule has 0 saturated carbocycles. The highest BCUT2D eigenvalue weighted by atomic mass is 32.2. The Morgan fingerprint density at radius 1 is 1.55 bits per heavy atom. The second kappa shape index (κ2) is 6.95. The normalized spacial score (nSPS) is 19.4. The van der Waals surface area contributed by atoms with Crippen molar-refractivity contribution >= 4 is 41.1 Å². The standard InChI is InChI=1S/C14H17NO3S2/c1-2-11-8-15(5-6-19-11)14(18)10-7-12(20-9-10)3-4-13(16)17/h3-4,7,9,11H,2,5-6,8H2,1H3,(H,16,17)/b4-3+. The quantitative estimate of drug-likeness (QED) is 0.869. The first-order valence-electron chi connectivity index (χ1n) is 6.50. The average molecular weight is 311 g/mol. The number of carboxylic acid groups (broad SMARTS) is 1. The molecule has 1 aliphatic rings. The maximum atomic E-state index is 12.4. The van der Waals surface area contributed by atoms with Crippen LogP contribution >= 0.6 is 23.1 Å². The molecule has 1 saturated heterocycles. The molecule has 1 atom stereocenters. The molecule has 1 aromatic heterocycles. The maximum Gasteiger partial charge on any atom is 0.328 e. The highest BCUT2D eigenvalue weighted by Gasteiger charge is 2.24. The van der Waals surface area contributed by atoms with E-state index in [0.717, 1.165) is 36.2 Å². The van der Waals surface area contributed by atoms with Crippen molar-refractivity contribution in [3.63, 3.8) is 0 Å². The van der Waals surface area contributed by atoms with Gasteiger partial charge in [-0.3, -0.25) is 4.79 Å². The molecular formula is C14H17NO3S2. The molecule has 2 rings (SSSR count). The first-order valence-corrected chi connectivity index (χ1v) is 8.43. The van der Waals surface area contributed by atoms with Crippen LogP contribution < -0.4 is 0 Å². The van der Waals surface area contributed by atoms with Gasteiger partial charge in [-0.1, -0.05) is 6.92 Å². The first kappa shape index (κ1) is 15.1. The van der Waals surface area contributed by atoms with Crippen LogP contribution in [0.2, 0.25) is 0 Å². The number of amides is 1. The van der Waals surface area contributed by atoms with Crippen molar-refractivity contribution in [1.82, 2.24) is 4.90 Å². The van der Waals surface area contributed by atoms with Gasteiger partial charge in [0.2, 0.25) is 0 Å². The molecule has 4 nitrogen and oxygen atoms in total. The molecule has 1 amide bonds. The lowest BCUT2D eigenvalue weighted by Gasteiger charge is -2.31. The number of hydrogen-bond donors (Lipinski definition) is 1. The molecule has 20 heavy (non-hydrogen) atoms. The van der Waals surface area contributed by atoms with Crippen LogP contribution in [0.3, 0.4) is 0 Å². The van der Waals surface area contributed by atoms with E-state index in [1.54, 1.807) is 11.4 Å². The van der Waals surface area contributed by atoms with E-state index >= 15 is 0 Å². The highest BCUT2D eigenvalue weighted by molar-refractivity contribution is 8.00. The van der Waals surface area contributed by atoms with E-state index < -0.39 is 5.97 Å². The Bertz CT molecular complexity index is 524. The molecule has 0 spiro atoms. The van der Waals surface area contributed by atoms with Crippen molar-refractivity contribution in [3.8, 4) is 0 Å². The Balaban J connectivity index is 2.04. The lowest BCUT2D eigenvalue weighted by molar-refractivity contribution is -0.131. The first-order chi connectivity index (χ1) is 9.60. The monoisotopic (exact) mass is 311 g/mol. The number of rotatable bonds is 4. The van der Waals surface area contributed by atoms with E-state index in [-0.39, 0.29) is 5.91 Å². The van der Waals surface area contributed by atoms with Crippen molar-refractivity contribution in [2.75, 3.05) is 18.8 Å². The number of thioether (sulfide) groups is 1. The van der Waals surface area contributed by atoms with Crippen molar-refractivity contribution < 1.29 is 14.7 Å². The summed E-state index contributed by atoms with van der Waals surface area (Å²) < 4.78 is 0. The van der Waals surface area contributed by atoms with E-state index in [1.165, 1.54) is 17.4 Å². The van der Waals surface area contributed by atoms with E-state index in [1.807, 2.05) is 16.7 Å². The summed E-state index contributed by atoms with van der Waals surface area (Å²) in [4.78, 5) is 25.6. The Hall–Kier alpha value is -1.27. The minimum Gasteiger partial charge on any atom is -0.478 e. The molecule has 2 heterocycles. The Kier molecular flexibility index (Phi) is 5.25. The molecule has 0 radical (unpaired) electrons. The molecular weight excluding hydrogens is 294 g/mol. The summed E-state index contributed by atoms with van der Waals surface area (Å²) in [5, 5.41) is 10.9. The van der Waals surface area contributed by atoms with Crippen LogP contribution in [0.25, 0.3) is 6.08 Å². The summed E-state index contributed by atoms with van der Waals surface area (Å²) in [5.74, 6) is 0.0558. The van der Waals surface area contributed by atoms with Gasteiger partial charge in [-0.25, -0.2) is 4.79 Å². The lowest BCUT2D eigenvalue weighted by atomic mass is 10.2. The van der Waals surface area contributed by atoms with Gasteiger partial charge in [0, 0.05) is 40.4 Å². The predicted molar refractivity (Wildman–Crippen MR) is 83.4 cm³/mol. The van der Waals surface area contributed by atoms with Gasteiger partial charge < -0.3 is 10.0 Å². The van der Waals surface area contributed by atoms with Crippen molar-refractivity contribution in [3.05, 3.63) is 28.0 Å². The second-order valence-corrected chi connectivity index (χ2v) is 6.91. The maximum absolute atomic E-state index is 12.4. The third-order valence-corrected chi connectivity index (χ3v) is 5.41. The van der Waals surface area contributed by atoms with Crippen LogP contribution in [-0.4, -0.2) is 46.0 Å². The highest BCUT2D eigenvalue weighted by Crippen LogP contribution is 2.24. The number of nitrogens with zero attached hydrogens (tertiary/aromatic N) is 1. The zero-order chi connectivity index (χ0) is 14.5. The minimum atomic E-state index is -0.981. The average Bonchev–Trinajstić information content (AvgIpc) is 2.93. The van der Waals surface area contributed by atoms with Crippen LogP contribution in [0.1, 0.15) is 28.6 Å². The number of aliphatic carboxylic acids is 1. The smallest absolute Gasteiger partial charge is 0.328 e. The number of hydrogen-bond acceptors (Lipinski definition) is 4. The van der Waals surface area contributed by atoms with Crippen LogP contribution in [0.15, 0.2) is 17.5 Å². The fourth-order valence-electron chi connectivity index (χ4n) is 2.04. The van der Waals surface area contributed by atoms with Crippen LogP contribution in [0, 0.1) is 0 Å². The van der Waals surface area contributed by atoms with E-state index in [0.29, 0.717) is 10.8 Å². The van der Waals surface area contributed by atoms with Crippen LogP contribution in [0.5, 0.6) is 0 Å². The summed E-state index contributed by atoms with van der Waals surface area (Å²) in [6, 6.07) is 1.76. The zero-order valence-corrected chi connectivity index (χ0v) is 12.9. The van der Waals surface area contributed by atoms with Crippen LogP contribution in [0.4, 0.5) is 0 Å². The second-order valence-electron chi connectivity index (χ2n) is 4.56. The minimum absolute atomic E-state index is 0.0509. The van der Waals surface area contributed by atoms with Gasteiger partial charge >= 0.3 is 5.97 Å². The van der Waals surface area contributed by atoms with Gasteiger partial charge in [0.25, 0.3) is 5.91 Å². The topological polar surface area (TPSA) is 57.6 Å². The number of carbonyl (C=O) groups is 2. The Morgan fingerprint density at radius 3 is 3.05 bits per heavy atom. The lowest BCUT2D eigenvalue weighted by Crippen LogP contribution is -2.41. The van der Waals surface area contributed by atoms with Gasteiger partial charge in [-0.2, -0.15) is 11.8 Å². The molecule has 0 bridgehead atoms. The number of carboxylic acids is 1. The van der Waals surface area contributed by atoms with Gasteiger partial charge in [0.1, 0.15) is 0 Å². The summed E-state index contributed by atoms with van der Waals surface area (Å²) in [5.41, 5.74) is 0.654. The van der Waals surface area contributed by atoms with Crippen molar-refractivity contribution in [2.24, 2.45) is 0 Å². The summed E-state index contributed by atoms with van der Waals surface area (Å²) in [6.07, 6.45) is 3.68. The Morgan fingerprint density at radius 2 is 2.35 bits per heavy atom. The third-order valence-electron chi connectivity index (χ3n) is 3.14. The molecule has 108 valence electrons. The van der Waals surface area contributed by atoms with Crippen molar-refractivity contribution in [2.45, 2.75) is 18.6 Å². The third kappa shape index (κ3) is 3.86. The van der Waals surface area contributed by atoms with E-state index in [9.17, 15) is 9.59 Å². The molecule has 1 unspecified atom stereocenters. The number of carbonyl (C=O) groups excluding carboxylic acids is 1. The Labute approximate surface area is 126 Å². The molecule has 1 aromatic rings. The largest absolute Gasteiger partial charge is 0.478 e. The molecule has 6 heteroatoms. The van der Waals surface area contributed by atoms with Gasteiger partial charge in [-0.15, -0.1) is 11.3 Å².